The van der Waals surface area contributed by atoms with Gasteiger partial charge in [-0.05, 0) is 28.3 Å². The van der Waals surface area contributed by atoms with Crippen LogP contribution in [0.5, 0.6) is 0 Å². The van der Waals surface area contributed by atoms with Crippen molar-refractivity contribution in [3.63, 3.8) is 0 Å². The molecular formula is C28H5F3N10. The zero-order chi connectivity index (χ0) is 29.4. The molecular weight excluding hydrogens is 533 g/mol. The first kappa shape index (κ1) is 25.7. The van der Waals surface area contributed by atoms with Crippen molar-refractivity contribution in [2.45, 2.75) is 0 Å². The molecule has 1 aromatic carbocycles. The van der Waals surface area contributed by atoms with Crippen LogP contribution in [0.4, 0.5) is 13.2 Å². The van der Waals surface area contributed by atoms with Crippen molar-refractivity contribution in [2.24, 2.45) is 0 Å². The van der Waals surface area contributed by atoms with Gasteiger partial charge in [0.1, 0.15) is 11.9 Å². The van der Waals surface area contributed by atoms with E-state index in [1.165, 1.54) is 6.07 Å². The van der Waals surface area contributed by atoms with Gasteiger partial charge in [-0.25, -0.2) is 49.4 Å². The lowest BCUT2D eigenvalue weighted by Gasteiger charge is -2.13. The van der Waals surface area contributed by atoms with E-state index in [1.54, 1.807) is 12.1 Å². The largest absolute Gasteiger partial charge is 0.308 e. The van der Waals surface area contributed by atoms with Crippen molar-refractivity contribution in [3.05, 3.63) is 128 Å². The molecule has 2 heterocycles. The Balaban J connectivity index is 1.98. The fraction of sp³-hybridized carbons (Fsp3) is 0. The van der Waals surface area contributed by atoms with E-state index in [0.717, 1.165) is 24.8 Å². The second kappa shape index (κ2) is 9.75. The predicted octanol–water partition coefficient (Wildman–Crippen LogP) is 5.24. The predicted molar refractivity (Wildman–Crippen MR) is 134 cm³/mol. The topological polar surface area (TPSA) is 136 Å². The van der Waals surface area contributed by atoms with Gasteiger partial charge in [0.15, 0.2) is 0 Å². The molecule has 10 nitrogen and oxygen atoms in total. The normalized spacial score (nSPS) is 15.4. The van der Waals surface area contributed by atoms with Crippen molar-refractivity contribution < 1.29 is 13.2 Å². The smallest absolute Gasteiger partial charge is 0.237 e. The van der Waals surface area contributed by atoms with Gasteiger partial charge in [0.2, 0.25) is 5.70 Å². The molecule has 0 saturated carbocycles. The van der Waals surface area contributed by atoms with Gasteiger partial charge in [-0.2, -0.15) is 14.0 Å². The van der Waals surface area contributed by atoms with E-state index < -0.39 is 29.4 Å². The maximum atomic E-state index is 16.6. The van der Waals surface area contributed by atoms with E-state index >= 15 is 4.39 Å². The summed E-state index contributed by atoms with van der Waals surface area (Å²) in [6.45, 7) is 22.9. The number of fused-ring (bicyclic) bond motifs is 2. The van der Waals surface area contributed by atoms with E-state index in [-0.39, 0.29) is 66.9 Å². The van der Waals surface area contributed by atoms with Gasteiger partial charge >= 0.3 is 12.2 Å². The number of rotatable bonds is 2. The summed E-state index contributed by atoms with van der Waals surface area (Å²) >= 11 is 0. The molecule has 0 bridgehead atoms. The fourth-order valence-electron chi connectivity index (χ4n) is 4.72. The highest BCUT2D eigenvalue weighted by Crippen LogP contribution is 2.56. The first-order valence-electron chi connectivity index (χ1n) is 11.0. The van der Waals surface area contributed by atoms with E-state index in [1.807, 2.05) is 6.07 Å². The van der Waals surface area contributed by atoms with Crippen molar-refractivity contribution >= 4 is 33.6 Å². The van der Waals surface area contributed by atoms with Crippen LogP contribution in [-0.2, 0) is 0 Å². The molecule has 188 valence electrons. The summed E-state index contributed by atoms with van der Waals surface area (Å²) < 4.78 is 43.6. The molecule has 0 spiro atoms. The molecule has 0 saturated heterocycles. The molecule has 0 radical (unpaired) electrons. The Morgan fingerprint density at radius 1 is 0.707 bits per heavy atom. The quantitative estimate of drug-likeness (QED) is 0.247. The molecule has 0 fully saturated rings. The SMILES string of the molecule is [C-]#[N+]C1=C(c2cnc(F)nc2)/C(=C(/C#N)[N+]#[C-])c2cc3c(c(F)c21)C(C#N)=C(c1cnc(F)nc1)/C3=C(\C#N)[N+]#[C-]. The standard InChI is InChI=1S/C28H5F3N10/c1-35-17(6-33)22-14-4-15-23(18(7-34)36-2)20(13-10-40-28(31)41-11-13)26(37-3)24(15)25(29)21(14)16(5-32)19(22)12-8-38-27(30)39-9-12/h4,8-11H/b22-17+,23-18-. The highest BCUT2D eigenvalue weighted by molar-refractivity contribution is 6.29. The lowest BCUT2D eigenvalue weighted by atomic mass is 9.91. The second-order valence-electron chi connectivity index (χ2n) is 8.11. The molecule has 2 aliphatic carbocycles. The van der Waals surface area contributed by atoms with E-state index in [2.05, 4.69) is 34.5 Å². The average molecular weight is 538 g/mol. The van der Waals surface area contributed by atoms with Crippen molar-refractivity contribution in [1.29, 1.82) is 15.8 Å². The number of benzene rings is 1. The van der Waals surface area contributed by atoms with Crippen LogP contribution in [-0.4, -0.2) is 19.9 Å². The van der Waals surface area contributed by atoms with Crippen LogP contribution in [0.1, 0.15) is 33.4 Å². The Hall–Kier alpha value is -6.93. The maximum absolute atomic E-state index is 16.6. The van der Waals surface area contributed by atoms with Gasteiger partial charge in [-0.1, -0.05) is 0 Å². The Morgan fingerprint density at radius 3 is 1.61 bits per heavy atom. The molecule has 2 aliphatic rings. The highest BCUT2D eigenvalue weighted by atomic mass is 19.1. The average Bonchev–Trinajstić information content (AvgIpc) is 3.49. The Kier molecular flexibility index (Phi) is 6.11. The lowest BCUT2D eigenvalue weighted by molar-refractivity contribution is 0.537. The van der Waals surface area contributed by atoms with Gasteiger partial charge in [-0.15, -0.1) is 0 Å². The van der Waals surface area contributed by atoms with Crippen LogP contribution in [0.25, 0.3) is 48.1 Å². The minimum absolute atomic E-state index is 0.00448. The zero-order valence-corrected chi connectivity index (χ0v) is 20.0. The summed E-state index contributed by atoms with van der Waals surface area (Å²) in [5.41, 5.74) is -3.36. The molecule has 3 aromatic rings. The molecule has 5 rings (SSSR count). The Labute approximate surface area is 228 Å². The van der Waals surface area contributed by atoms with E-state index in [9.17, 15) is 24.6 Å². The molecule has 0 amide bonds. The number of halogens is 3. The fourth-order valence-corrected chi connectivity index (χ4v) is 4.72. The lowest BCUT2D eigenvalue weighted by Crippen LogP contribution is -1.99. The van der Waals surface area contributed by atoms with Crippen LogP contribution in [0, 0.1) is 71.7 Å². The third kappa shape index (κ3) is 3.69. The van der Waals surface area contributed by atoms with Crippen LogP contribution in [0.3, 0.4) is 0 Å². The Bertz CT molecular complexity index is 1930. The van der Waals surface area contributed by atoms with E-state index in [0.29, 0.717) is 0 Å². The number of nitrogens with zero attached hydrogens (tertiary/aromatic N) is 10. The van der Waals surface area contributed by atoms with Crippen molar-refractivity contribution in [2.75, 3.05) is 0 Å². The molecule has 0 unspecified atom stereocenters. The first-order chi connectivity index (χ1) is 19.8. The van der Waals surface area contributed by atoms with Gasteiger partial charge in [0, 0.05) is 58.2 Å². The van der Waals surface area contributed by atoms with Crippen LogP contribution in [0.15, 0.2) is 42.2 Å². The molecule has 13 heteroatoms. The number of hydrogen-bond donors (Lipinski definition) is 0. The summed E-state index contributed by atoms with van der Waals surface area (Å²) in [6, 6.07) is 6.56. The molecule has 0 atom stereocenters. The van der Waals surface area contributed by atoms with Gasteiger partial charge in [0.25, 0.3) is 11.4 Å². The molecule has 41 heavy (non-hydrogen) atoms. The summed E-state index contributed by atoms with van der Waals surface area (Å²) in [5.74, 6) is -1.12. The summed E-state index contributed by atoms with van der Waals surface area (Å²) in [5, 5.41) is 29.6. The number of allylic oxidation sites excluding steroid dienone is 7. The van der Waals surface area contributed by atoms with Crippen molar-refractivity contribution in [3.8, 4) is 18.2 Å². The van der Waals surface area contributed by atoms with Crippen LogP contribution in [0.2, 0.25) is 0 Å². The van der Waals surface area contributed by atoms with Gasteiger partial charge in [-0.3, -0.25) is 0 Å². The van der Waals surface area contributed by atoms with Gasteiger partial charge < -0.3 is 0 Å². The molecule has 0 aliphatic heterocycles. The van der Waals surface area contributed by atoms with E-state index in [4.69, 9.17) is 19.7 Å². The second-order valence-corrected chi connectivity index (χ2v) is 8.11. The first-order valence-corrected chi connectivity index (χ1v) is 11.0. The Morgan fingerprint density at radius 2 is 1.17 bits per heavy atom. The number of nitriles is 3. The number of aromatic nitrogens is 4. The molecule has 0 N–H and O–H groups in total. The van der Waals surface area contributed by atoms with Crippen LogP contribution < -0.4 is 0 Å². The van der Waals surface area contributed by atoms with Gasteiger partial charge in [0.05, 0.1) is 37.4 Å². The minimum atomic E-state index is -1.12. The molecule has 2 aromatic heterocycles. The monoisotopic (exact) mass is 538 g/mol. The third-order valence-corrected chi connectivity index (χ3v) is 6.23. The maximum Gasteiger partial charge on any atom is 0.308 e. The number of hydrogen-bond acceptors (Lipinski definition) is 7. The summed E-state index contributed by atoms with van der Waals surface area (Å²) in [4.78, 5) is 23.7. The zero-order valence-electron chi connectivity index (χ0n) is 20.0. The van der Waals surface area contributed by atoms with Crippen molar-refractivity contribution in [1.82, 2.24) is 19.9 Å². The van der Waals surface area contributed by atoms with Crippen LogP contribution >= 0.6 is 0 Å². The third-order valence-electron chi connectivity index (χ3n) is 6.23. The minimum Gasteiger partial charge on any atom is -0.237 e. The highest BCUT2D eigenvalue weighted by Gasteiger charge is 2.40. The summed E-state index contributed by atoms with van der Waals surface area (Å²) in [7, 11) is 0. The summed E-state index contributed by atoms with van der Waals surface area (Å²) in [6.07, 6.45) is 1.83.